The zero-order valence-electron chi connectivity index (χ0n) is 12.9. The van der Waals surface area contributed by atoms with Crippen LogP contribution in [0.3, 0.4) is 0 Å². The summed E-state index contributed by atoms with van der Waals surface area (Å²) in [4.78, 5) is 17.0. The molecule has 0 radical (unpaired) electrons. The molecular weight excluding hydrogens is 298 g/mol. The highest BCUT2D eigenvalue weighted by molar-refractivity contribution is 6.04. The molecule has 0 saturated carbocycles. The average molecular weight is 313 g/mol. The summed E-state index contributed by atoms with van der Waals surface area (Å²) in [6.07, 6.45) is 3.82. The molecule has 1 amide bonds. The van der Waals surface area contributed by atoms with Crippen LogP contribution in [0.1, 0.15) is 10.4 Å². The highest BCUT2D eigenvalue weighted by Crippen LogP contribution is 2.19. The maximum Gasteiger partial charge on any atom is 0.255 e. The van der Waals surface area contributed by atoms with Crippen LogP contribution in [0.4, 0.5) is 5.69 Å². The molecule has 0 bridgehead atoms. The Kier molecular flexibility index (Phi) is 3.56. The van der Waals surface area contributed by atoms with E-state index in [4.69, 9.17) is 0 Å². The lowest BCUT2D eigenvalue weighted by atomic mass is 10.2. The fraction of sp³-hybridized carbons (Fsp3) is 0. The number of hydrogen-bond donors (Lipinski definition) is 1. The predicted octanol–water partition coefficient (Wildman–Crippen LogP) is 4.25. The van der Waals surface area contributed by atoms with Crippen molar-refractivity contribution < 1.29 is 4.79 Å². The van der Waals surface area contributed by atoms with Gasteiger partial charge in [-0.05, 0) is 24.3 Å². The first kappa shape index (κ1) is 14.2. The third-order valence-electron chi connectivity index (χ3n) is 3.82. The van der Waals surface area contributed by atoms with Crippen LogP contribution in [-0.2, 0) is 0 Å². The van der Waals surface area contributed by atoms with Gasteiger partial charge in [0.2, 0.25) is 0 Å². The molecule has 0 spiro atoms. The molecule has 2 aromatic heterocycles. The largest absolute Gasteiger partial charge is 0.322 e. The van der Waals surface area contributed by atoms with Gasteiger partial charge in [-0.3, -0.25) is 4.79 Å². The van der Waals surface area contributed by atoms with E-state index in [2.05, 4.69) is 10.3 Å². The number of nitrogens with one attached hydrogen (secondary N) is 1. The Balaban J connectivity index is 1.65. The van der Waals surface area contributed by atoms with Crippen LogP contribution < -0.4 is 5.32 Å². The molecule has 24 heavy (non-hydrogen) atoms. The number of nitrogens with zero attached hydrogens (tertiary/aromatic N) is 2. The molecular formula is C20H15N3O. The van der Waals surface area contributed by atoms with Gasteiger partial charge in [0.05, 0.1) is 5.69 Å². The van der Waals surface area contributed by atoms with E-state index in [1.165, 1.54) is 0 Å². The number of amides is 1. The van der Waals surface area contributed by atoms with Crippen LogP contribution in [0.5, 0.6) is 0 Å². The lowest BCUT2D eigenvalue weighted by molar-refractivity contribution is 0.102. The van der Waals surface area contributed by atoms with Crippen LogP contribution >= 0.6 is 0 Å². The topological polar surface area (TPSA) is 46.4 Å². The number of hydrogen-bond acceptors (Lipinski definition) is 2. The Bertz CT molecular complexity index is 991. The van der Waals surface area contributed by atoms with Gasteiger partial charge in [-0.25, -0.2) is 4.98 Å². The minimum absolute atomic E-state index is 0.145. The number of rotatable bonds is 3. The quantitative estimate of drug-likeness (QED) is 0.614. The second kappa shape index (κ2) is 6.01. The summed E-state index contributed by atoms with van der Waals surface area (Å²) in [5, 5.41) is 2.89. The third-order valence-corrected chi connectivity index (χ3v) is 3.82. The molecule has 4 rings (SSSR count). The van der Waals surface area contributed by atoms with E-state index in [0.717, 1.165) is 22.6 Å². The van der Waals surface area contributed by atoms with Crippen molar-refractivity contribution in [3.05, 3.63) is 90.8 Å². The molecule has 2 aromatic carbocycles. The highest BCUT2D eigenvalue weighted by atomic mass is 16.1. The lowest BCUT2D eigenvalue weighted by Gasteiger charge is -2.05. The summed E-state index contributed by atoms with van der Waals surface area (Å²) < 4.78 is 1.92. The maximum absolute atomic E-state index is 12.4. The predicted molar refractivity (Wildman–Crippen MR) is 95.0 cm³/mol. The Labute approximate surface area is 139 Å². The number of para-hydroxylation sites is 1. The van der Waals surface area contributed by atoms with E-state index in [0.29, 0.717) is 5.56 Å². The normalized spacial score (nSPS) is 10.7. The fourth-order valence-electron chi connectivity index (χ4n) is 2.60. The zero-order valence-corrected chi connectivity index (χ0v) is 12.9. The molecule has 116 valence electrons. The van der Waals surface area contributed by atoms with Gasteiger partial charge in [0.25, 0.3) is 5.91 Å². The zero-order chi connectivity index (χ0) is 16.4. The monoisotopic (exact) mass is 313 g/mol. The van der Waals surface area contributed by atoms with Crippen LogP contribution in [0.25, 0.3) is 16.9 Å². The SMILES string of the molecule is O=C(Nc1ccccc1)c1ccn2cc(-c3ccccc3)nc2c1. The maximum atomic E-state index is 12.4. The van der Waals surface area contributed by atoms with Crippen molar-refractivity contribution in [3.8, 4) is 11.3 Å². The molecule has 4 nitrogen and oxygen atoms in total. The number of carbonyl (C=O) groups excluding carboxylic acids is 1. The van der Waals surface area contributed by atoms with Gasteiger partial charge in [-0.1, -0.05) is 48.5 Å². The first-order valence-corrected chi connectivity index (χ1v) is 7.70. The Morgan fingerprint density at radius 3 is 2.38 bits per heavy atom. The second-order valence-corrected chi connectivity index (χ2v) is 5.49. The van der Waals surface area contributed by atoms with Crippen molar-refractivity contribution in [2.24, 2.45) is 0 Å². The first-order valence-electron chi connectivity index (χ1n) is 7.70. The summed E-state index contributed by atoms with van der Waals surface area (Å²) in [5.41, 5.74) is 4.04. The summed E-state index contributed by atoms with van der Waals surface area (Å²) in [7, 11) is 0. The van der Waals surface area contributed by atoms with E-state index in [1.54, 1.807) is 12.1 Å². The molecule has 0 aliphatic heterocycles. The molecule has 0 aliphatic carbocycles. The van der Waals surface area contributed by atoms with Gasteiger partial charge in [0, 0.05) is 29.2 Å². The lowest BCUT2D eigenvalue weighted by Crippen LogP contribution is -2.12. The third kappa shape index (κ3) is 2.77. The van der Waals surface area contributed by atoms with Crippen molar-refractivity contribution >= 4 is 17.2 Å². The van der Waals surface area contributed by atoms with Crippen LogP contribution in [0.15, 0.2) is 85.2 Å². The second-order valence-electron chi connectivity index (χ2n) is 5.49. The highest BCUT2D eigenvalue weighted by Gasteiger charge is 2.09. The number of imidazole rings is 1. The van der Waals surface area contributed by atoms with Gasteiger partial charge >= 0.3 is 0 Å². The van der Waals surface area contributed by atoms with E-state index < -0.39 is 0 Å². The standard InChI is InChI=1S/C20H15N3O/c24-20(21-17-9-5-2-6-10-17)16-11-12-23-14-18(22-19(23)13-16)15-7-3-1-4-8-15/h1-14H,(H,21,24). The number of carbonyl (C=O) groups is 1. The van der Waals surface area contributed by atoms with E-state index in [1.807, 2.05) is 77.5 Å². The molecule has 2 heterocycles. The number of benzene rings is 2. The average Bonchev–Trinajstić information content (AvgIpc) is 3.06. The van der Waals surface area contributed by atoms with Crippen molar-refractivity contribution in [1.82, 2.24) is 9.38 Å². The van der Waals surface area contributed by atoms with E-state index in [9.17, 15) is 4.79 Å². The van der Waals surface area contributed by atoms with Crippen LogP contribution in [0, 0.1) is 0 Å². The van der Waals surface area contributed by atoms with Crippen LogP contribution in [0.2, 0.25) is 0 Å². The van der Waals surface area contributed by atoms with Crippen molar-refractivity contribution in [2.45, 2.75) is 0 Å². The number of aromatic nitrogens is 2. The smallest absolute Gasteiger partial charge is 0.255 e. The summed E-state index contributed by atoms with van der Waals surface area (Å²) in [6.45, 7) is 0. The van der Waals surface area contributed by atoms with Gasteiger partial charge in [0.1, 0.15) is 5.65 Å². The first-order chi connectivity index (χ1) is 11.8. The Morgan fingerprint density at radius 2 is 1.62 bits per heavy atom. The molecule has 0 fully saturated rings. The van der Waals surface area contributed by atoms with E-state index in [-0.39, 0.29) is 5.91 Å². The molecule has 4 aromatic rings. The molecule has 4 heteroatoms. The van der Waals surface area contributed by atoms with Crippen molar-refractivity contribution in [3.63, 3.8) is 0 Å². The van der Waals surface area contributed by atoms with Crippen LogP contribution in [-0.4, -0.2) is 15.3 Å². The molecule has 0 aliphatic rings. The van der Waals surface area contributed by atoms with Gasteiger partial charge in [-0.2, -0.15) is 0 Å². The molecule has 1 N–H and O–H groups in total. The number of pyridine rings is 1. The fourth-order valence-corrected chi connectivity index (χ4v) is 2.60. The van der Waals surface area contributed by atoms with Gasteiger partial charge < -0.3 is 9.72 Å². The van der Waals surface area contributed by atoms with Crippen molar-refractivity contribution in [1.29, 1.82) is 0 Å². The number of fused-ring (bicyclic) bond motifs is 1. The molecule has 0 atom stereocenters. The summed E-state index contributed by atoms with van der Waals surface area (Å²) >= 11 is 0. The summed E-state index contributed by atoms with van der Waals surface area (Å²) in [6, 6.07) is 23.0. The van der Waals surface area contributed by atoms with E-state index >= 15 is 0 Å². The van der Waals surface area contributed by atoms with Crippen molar-refractivity contribution in [2.75, 3.05) is 5.32 Å². The van der Waals surface area contributed by atoms with Gasteiger partial charge in [-0.15, -0.1) is 0 Å². The molecule has 0 unspecified atom stereocenters. The minimum Gasteiger partial charge on any atom is -0.322 e. The Morgan fingerprint density at radius 1 is 0.917 bits per heavy atom. The minimum atomic E-state index is -0.145. The Hall–Kier alpha value is -3.40. The van der Waals surface area contributed by atoms with Gasteiger partial charge in [0.15, 0.2) is 0 Å². The summed E-state index contributed by atoms with van der Waals surface area (Å²) in [5.74, 6) is -0.145. The molecule has 0 saturated heterocycles. The number of anilines is 1.